The van der Waals surface area contributed by atoms with Crippen molar-refractivity contribution in [3.8, 4) is 22.5 Å². The Bertz CT molecular complexity index is 1630. The standard InChI is InChI=1S/C21H16NSi.C11H8N.Ir/c1-23(2)18-10-6-5-9-17(18)21-20-16(11-12-22-21)15-8-4-3-7-14(15)13-19(20)23;1-2-6-10(7-3-1)11-8-4-5-9-12-11;/h3-8,10-13H,1-2H3;1-6,8-9H;/q2*-1;. The summed E-state index contributed by atoms with van der Waals surface area (Å²) in [6.07, 6.45) is 3.73. The third-order valence-electron chi connectivity index (χ3n) is 6.86. The zero-order chi connectivity index (χ0) is 23.8. The van der Waals surface area contributed by atoms with E-state index in [4.69, 9.17) is 4.98 Å². The van der Waals surface area contributed by atoms with Crippen molar-refractivity contribution in [2.75, 3.05) is 0 Å². The Morgan fingerprint density at radius 2 is 1.47 bits per heavy atom. The van der Waals surface area contributed by atoms with Crippen molar-refractivity contribution in [3.63, 3.8) is 0 Å². The molecule has 1 aliphatic rings. The average molecular weight is 657 g/mol. The van der Waals surface area contributed by atoms with E-state index in [1.807, 2.05) is 54.7 Å². The summed E-state index contributed by atoms with van der Waals surface area (Å²) in [5, 5.41) is 8.27. The Hall–Kier alpha value is -3.43. The summed E-state index contributed by atoms with van der Waals surface area (Å²) in [5.41, 5.74) is 4.32. The molecule has 177 valence electrons. The van der Waals surface area contributed by atoms with Gasteiger partial charge in [-0.1, -0.05) is 60.7 Å². The molecule has 0 bridgehead atoms. The Morgan fingerprint density at radius 3 is 2.28 bits per heavy atom. The average Bonchev–Trinajstić information content (AvgIpc) is 2.93. The van der Waals surface area contributed by atoms with Gasteiger partial charge < -0.3 is 9.97 Å². The summed E-state index contributed by atoms with van der Waals surface area (Å²) in [4.78, 5) is 8.96. The van der Waals surface area contributed by atoms with E-state index >= 15 is 0 Å². The number of rotatable bonds is 1. The maximum absolute atomic E-state index is 4.74. The van der Waals surface area contributed by atoms with Gasteiger partial charge in [-0.3, -0.25) is 0 Å². The van der Waals surface area contributed by atoms with E-state index in [1.165, 1.54) is 37.5 Å². The van der Waals surface area contributed by atoms with Crippen molar-refractivity contribution in [1.82, 2.24) is 9.97 Å². The zero-order valence-electron chi connectivity index (χ0n) is 20.1. The molecule has 0 spiro atoms. The number of aromatic nitrogens is 2. The first-order valence-corrected chi connectivity index (χ1v) is 14.9. The van der Waals surface area contributed by atoms with E-state index < -0.39 is 8.07 Å². The van der Waals surface area contributed by atoms with Gasteiger partial charge >= 0.3 is 0 Å². The molecule has 1 radical (unpaired) electrons. The topological polar surface area (TPSA) is 25.8 Å². The molecular formula is C32H24IrN2Si-2. The molecule has 0 atom stereocenters. The maximum Gasteiger partial charge on any atom is 0.0659 e. The molecule has 36 heavy (non-hydrogen) atoms. The molecule has 4 heteroatoms. The minimum Gasteiger partial charge on any atom is -0.305 e. The SMILES string of the molecule is C[Si]1(C)c2ccc[c-]c2-c2nccc3c2c1cc1ccccc13.[Ir].[c-]1ccccc1-c1ccccn1. The first kappa shape index (κ1) is 24.3. The van der Waals surface area contributed by atoms with Crippen LogP contribution < -0.4 is 10.4 Å². The normalized spacial score (nSPS) is 12.7. The van der Waals surface area contributed by atoms with E-state index in [1.54, 1.807) is 6.20 Å². The Labute approximate surface area is 226 Å². The van der Waals surface area contributed by atoms with Gasteiger partial charge in [0.05, 0.1) is 8.07 Å². The van der Waals surface area contributed by atoms with Crippen LogP contribution in [-0.2, 0) is 20.1 Å². The van der Waals surface area contributed by atoms with Gasteiger partial charge in [-0.15, -0.1) is 70.9 Å². The van der Waals surface area contributed by atoms with Crippen LogP contribution in [0.15, 0.2) is 109 Å². The largest absolute Gasteiger partial charge is 0.305 e. The number of fused-ring (bicyclic) bond motifs is 4. The molecule has 0 aliphatic carbocycles. The summed E-state index contributed by atoms with van der Waals surface area (Å²) >= 11 is 0. The van der Waals surface area contributed by atoms with Crippen LogP contribution in [-0.4, -0.2) is 18.0 Å². The van der Waals surface area contributed by atoms with Gasteiger partial charge in [0.1, 0.15) is 0 Å². The van der Waals surface area contributed by atoms with Crippen molar-refractivity contribution in [3.05, 3.63) is 122 Å². The van der Waals surface area contributed by atoms with Gasteiger partial charge in [0.15, 0.2) is 0 Å². The van der Waals surface area contributed by atoms with Crippen molar-refractivity contribution in [2.45, 2.75) is 13.1 Å². The molecule has 2 nitrogen and oxygen atoms in total. The van der Waals surface area contributed by atoms with Crippen molar-refractivity contribution < 1.29 is 20.1 Å². The van der Waals surface area contributed by atoms with E-state index in [-0.39, 0.29) is 20.1 Å². The molecule has 6 aromatic rings. The molecule has 0 unspecified atom stereocenters. The van der Waals surface area contributed by atoms with Crippen LogP contribution >= 0.6 is 0 Å². The van der Waals surface area contributed by atoms with Crippen LogP contribution in [0.3, 0.4) is 0 Å². The monoisotopic (exact) mass is 657 g/mol. The zero-order valence-corrected chi connectivity index (χ0v) is 23.5. The Kier molecular flexibility index (Phi) is 6.68. The molecule has 3 heterocycles. The number of benzene rings is 4. The predicted octanol–water partition coefficient (Wildman–Crippen LogP) is 6.54. The van der Waals surface area contributed by atoms with E-state index in [9.17, 15) is 0 Å². The number of pyridine rings is 2. The fourth-order valence-electron chi connectivity index (χ4n) is 5.11. The fraction of sp³-hybridized carbons (Fsp3) is 0.0625. The van der Waals surface area contributed by atoms with E-state index in [2.05, 4.69) is 78.7 Å². The van der Waals surface area contributed by atoms with Crippen LogP contribution in [0.1, 0.15) is 0 Å². The Morgan fingerprint density at radius 1 is 0.667 bits per heavy atom. The second kappa shape index (κ2) is 9.91. The smallest absolute Gasteiger partial charge is 0.0659 e. The van der Waals surface area contributed by atoms with Crippen LogP contribution in [0.4, 0.5) is 0 Å². The molecule has 4 aromatic carbocycles. The number of hydrogen-bond acceptors (Lipinski definition) is 2. The molecule has 0 saturated heterocycles. The van der Waals surface area contributed by atoms with Gasteiger partial charge in [-0.25, -0.2) is 0 Å². The molecular weight excluding hydrogens is 633 g/mol. The summed E-state index contributed by atoms with van der Waals surface area (Å²) in [6, 6.07) is 39.9. The van der Waals surface area contributed by atoms with Crippen LogP contribution in [0.25, 0.3) is 44.1 Å². The van der Waals surface area contributed by atoms with Gasteiger partial charge in [0.2, 0.25) is 0 Å². The second-order valence-electron chi connectivity index (χ2n) is 9.30. The van der Waals surface area contributed by atoms with Crippen LogP contribution in [0.2, 0.25) is 13.1 Å². The molecule has 0 N–H and O–H groups in total. The van der Waals surface area contributed by atoms with E-state index in [0.717, 1.165) is 17.0 Å². The molecule has 0 fully saturated rings. The molecule has 2 aromatic heterocycles. The quantitative estimate of drug-likeness (QED) is 0.114. The summed E-state index contributed by atoms with van der Waals surface area (Å²) in [6.45, 7) is 4.89. The predicted molar refractivity (Wildman–Crippen MR) is 149 cm³/mol. The van der Waals surface area contributed by atoms with Crippen LogP contribution in [0.5, 0.6) is 0 Å². The molecule has 7 rings (SSSR count). The first-order chi connectivity index (χ1) is 17.1. The molecule has 0 saturated carbocycles. The van der Waals surface area contributed by atoms with Gasteiger partial charge in [0, 0.05) is 32.5 Å². The summed E-state index contributed by atoms with van der Waals surface area (Å²) < 4.78 is 0. The Balaban J connectivity index is 0.000000175. The third-order valence-corrected chi connectivity index (χ3v) is 10.4. The molecule has 1 aliphatic heterocycles. The maximum atomic E-state index is 4.74. The minimum atomic E-state index is -1.75. The second-order valence-corrected chi connectivity index (χ2v) is 13.6. The minimum absolute atomic E-state index is 0. The van der Waals surface area contributed by atoms with Gasteiger partial charge in [-0.2, -0.15) is 0 Å². The number of hydrogen-bond donors (Lipinski definition) is 0. The summed E-state index contributed by atoms with van der Waals surface area (Å²) in [7, 11) is -1.75. The van der Waals surface area contributed by atoms with Gasteiger partial charge in [-0.05, 0) is 45.1 Å². The first-order valence-electron chi connectivity index (χ1n) is 11.9. The fourth-order valence-corrected chi connectivity index (χ4v) is 8.12. The van der Waals surface area contributed by atoms with Crippen molar-refractivity contribution in [1.29, 1.82) is 0 Å². The van der Waals surface area contributed by atoms with Crippen LogP contribution in [0, 0.1) is 12.1 Å². The van der Waals surface area contributed by atoms with E-state index in [0.29, 0.717) is 0 Å². The third kappa shape index (κ3) is 4.12. The van der Waals surface area contributed by atoms with Gasteiger partial charge in [0.25, 0.3) is 0 Å². The summed E-state index contributed by atoms with van der Waals surface area (Å²) in [5.74, 6) is 0. The van der Waals surface area contributed by atoms with Crippen molar-refractivity contribution >= 4 is 40.0 Å². The number of nitrogens with zero attached hydrogens (tertiary/aromatic N) is 2. The van der Waals surface area contributed by atoms with Crippen molar-refractivity contribution in [2.24, 2.45) is 0 Å². The molecule has 0 amide bonds.